The van der Waals surface area contributed by atoms with Crippen LogP contribution in [-0.4, -0.2) is 17.0 Å². The number of nitrogens with two attached hydrogens (primary N) is 1. The van der Waals surface area contributed by atoms with Gasteiger partial charge in [0.05, 0.1) is 0 Å². The molecular weight excluding hydrogens is 240 g/mol. The lowest BCUT2D eigenvalue weighted by atomic mass is 10.1. The van der Waals surface area contributed by atoms with E-state index >= 15 is 0 Å². The minimum absolute atomic E-state index is 0.386. The first-order chi connectivity index (χ1) is 8.78. The second-order valence-corrected chi connectivity index (χ2v) is 6.63. The van der Waals surface area contributed by atoms with Crippen molar-refractivity contribution in [2.24, 2.45) is 5.84 Å². The molecule has 3 N–H and O–H groups in total. The summed E-state index contributed by atoms with van der Waals surface area (Å²) in [5, 5.41) is 0.873. The molecule has 1 fully saturated rings. The second-order valence-electron chi connectivity index (χ2n) is 5.30. The maximum atomic E-state index is 5.68. The summed E-state index contributed by atoms with van der Waals surface area (Å²) in [6.45, 7) is 2.14. The molecule has 2 rings (SSSR count). The van der Waals surface area contributed by atoms with Gasteiger partial charge in [-0.3, -0.25) is 11.3 Å². The summed E-state index contributed by atoms with van der Waals surface area (Å²) in [6, 6.07) is 9.10. The highest BCUT2D eigenvalue weighted by atomic mass is 32.2. The summed E-state index contributed by atoms with van der Waals surface area (Å²) in [7, 11) is 0. The van der Waals surface area contributed by atoms with Crippen molar-refractivity contribution in [1.29, 1.82) is 0 Å². The summed E-state index contributed by atoms with van der Waals surface area (Å²) in [6.07, 6.45) is 6.64. The maximum Gasteiger partial charge on any atom is 0.0341 e. The Labute approximate surface area is 115 Å². The van der Waals surface area contributed by atoms with Gasteiger partial charge in [-0.25, -0.2) is 0 Å². The highest BCUT2D eigenvalue weighted by Crippen LogP contribution is 2.29. The second kappa shape index (κ2) is 7.17. The first kappa shape index (κ1) is 13.9. The lowest BCUT2D eigenvalue weighted by Gasteiger charge is -2.18. The molecule has 1 aliphatic carbocycles. The Hall–Kier alpha value is -0.510. The fourth-order valence-electron chi connectivity index (χ4n) is 2.60. The van der Waals surface area contributed by atoms with Gasteiger partial charge in [0.2, 0.25) is 0 Å². The van der Waals surface area contributed by atoms with Crippen molar-refractivity contribution in [3.63, 3.8) is 0 Å². The van der Waals surface area contributed by atoms with Crippen molar-refractivity contribution in [3.8, 4) is 0 Å². The number of hydrogen-bond acceptors (Lipinski definition) is 3. The SMILES string of the molecule is Cc1cccc(CC(CSC2CCCC2)NN)c1. The van der Waals surface area contributed by atoms with E-state index in [1.54, 1.807) is 0 Å². The molecule has 3 heteroatoms. The number of thioether (sulfide) groups is 1. The van der Waals surface area contributed by atoms with E-state index < -0.39 is 0 Å². The van der Waals surface area contributed by atoms with Gasteiger partial charge in [-0.1, -0.05) is 42.7 Å². The molecule has 0 aliphatic heterocycles. The van der Waals surface area contributed by atoms with E-state index in [1.165, 1.54) is 36.8 Å². The molecule has 18 heavy (non-hydrogen) atoms. The lowest BCUT2D eigenvalue weighted by molar-refractivity contribution is 0.574. The molecule has 1 aromatic rings. The van der Waals surface area contributed by atoms with Crippen LogP contribution < -0.4 is 11.3 Å². The molecule has 0 saturated heterocycles. The molecule has 0 aromatic heterocycles. The van der Waals surface area contributed by atoms with Crippen LogP contribution in [0.4, 0.5) is 0 Å². The van der Waals surface area contributed by atoms with E-state index in [1.807, 2.05) is 0 Å². The van der Waals surface area contributed by atoms with Gasteiger partial charge in [0.15, 0.2) is 0 Å². The monoisotopic (exact) mass is 264 g/mol. The van der Waals surface area contributed by atoms with Crippen molar-refractivity contribution in [2.45, 2.75) is 50.3 Å². The largest absolute Gasteiger partial charge is 0.271 e. The fourth-order valence-corrected chi connectivity index (χ4v) is 3.98. The van der Waals surface area contributed by atoms with Crippen LogP contribution >= 0.6 is 11.8 Å². The van der Waals surface area contributed by atoms with Gasteiger partial charge in [0.25, 0.3) is 0 Å². The Morgan fingerprint density at radius 2 is 2.17 bits per heavy atom. The zero-order chi connectivity index (χ0) is 12.8. The molecular formula is C15H24N2S. The zero-order valence-electron chi connectivity index (χ0n) is 11.2. The predicted molar refractivity (Wildman–Crippen MR) is 80.7 cm³/mol. The highest BCUT2D eigenvalue weighted by molar-refractivity contribution is 7.99. The van der Waals surface area contributed by atoms with Gasteiger partial charge in [0.1, 0.15) is 0 Å². The summed E-state index contributed by atoms with van der Waals surface area (Å²) in [5.74, 6) is 6.80. The Morgan fingerprint density at radius 1 is 1.39 bits per heavy atom. The molecule has 0 radical (unpaired) electrons. The topological polar surface area (TPSA) is 38.0 Å². The molecule has 1 aliphatic rings. The van der Waals surface area contributed by atoms with Crippen LogP contribution in [0.15, 0.2) is 24.3 Å². The number of rotatable bonds is 6. The van der Waals surface area contributed by atoms with Crippen LogP contribution in [0.2, 0.25) is 0 Å². The molecule has 2 nitrogen and oxygen atoms in total. The Bertz CT molecular complexity index is 361. The average molecular weight is 264 g/mol. The van der Waals surface area contributed by atoms with E-state index in [-0.39, 0.29) is 0 Å². The van der Waals surface area contributed by atoms with Gasteiger partial charge in [0, 0.05) is 17.0 Å². The molecule has 0 bridgehead atoms. The Balaban J connectivity index is 1.81. The van der Waals surface area contributed by atoms with Gasteiger partial charge in [-0.05, 0) is 31.7 Å². The fraction of sp³-hybridized carbons (Fsp3) is 0.600. The first-order valence-electron chi connectivity index (χ1n) is 6.91. The molecule has 0 amide bonds. The number of hydrazine groups is 1. The normalized spacial score (nSPS) is 18.1. The molecule has 0 spiro atoms. The third-order valence-electron chi connectivity index (χ3n) is 3.64. The first-order valence-corrected chi connectivity index (χ1v) is 7.96. The number of hydrogen-bond donors (Lipinski definition) is 2. The summed E-state index contributed by atoms with van der Waals surface area (Å²) in [5.41, 5.74) is 5.68. The van der Waals surface area contributed by atoms with E-state index in [4.69, 9.17) is 5.84 Å². The van der Waals surface area contributed by atoms with Gasteiger partial charge < -0.3 is 0 Å². The van der Waals surface area contributed by atoms with E-state index in [2.05, 4.69) is 48.4 Å². The average Bonchev–Trinajstić information content (AvgIpc) is 2.87. The van der Waals surface area contributed by atoms with Crippen LogP contribution in [0.1, 0.15) is 36.8 Å². The van der Waals surface area contributed by atoms with Crippen molar-refractivity contribution < 1.29 is 0 Å². The van der Waals surface area contributed by atoms with Crippen LogP contribution in [0.5, 0.6) is 0 Å². The van der Waals surface area contributed by atoms with E-state index in [0.29, 0.717) is 6.04 Å². The third-order valence-corrected chi connectivity index (χ3v) is 5.17. The third kappa shape index (κ3) is 4.30. The van der Waals surface area contributed by atoms with Crippen LogP contribution in [0.3, 0.4) is 0 Å². The lowest BCUT2D eigenvalue weighted by Crippen LogP contribution is -2.39. The van der Waals surface area contributed by atoms with Crippen molar-refractivity contribution >= 4 is 11.8 Å². The quantitative estimate of drug-likeness (QED) is 0.612. The van der Waals surface area contributed by atoms with Gasteiger partial charge in [-0.2, -0.15) is 11.8 Å². The molecule has 1 atom stereocenters. The summed E-state index contributed by atoms with van der Waals surface area (Å²) < 4.78 is 0. The molecule has 1 aromatic carbocycles. The Kier molecular flexibility index (Phi) is 5.54. The number of benzene rings is 1. The van der Waals surface area contributed by atoms with Crippen molar-refractivity contribution in [2.75, 3.05) is 5.75 Å². The van der Waals surface area contributed by atoms with Gasteiger partial charge >= 0.3 is 0 Å². The number of aryl methyl sites for hydroxylation is 1. The minimum atomic E-state index is 0.386. The van der Waals surface area contributed by atoms with E-state index in [0.717, 1.165) is 17.4 Å². The van der Waals surface area contributed by atoms with Gasteiger partial charge in [-0.15, -0.1) is 0 Å². The molecule has 0 heterocycles. The zero-order valence-corrected chi connectivity index (χ0v) is 12.0. The van der Waals surface area contributed by atoms with Crippen molar-refractivity contribution in [1.82, 2.24) is 5.43 Å². The van der Waals surface area contributed by atoms with Crippen LogP contribution in [-0.2, 0) is 6.42 Å². The number of nitrogens with one attached hydrogen (secondary N) is 1. The maximum absolute atomic E-state index is 5.68. The van der Waals surface area contributed by atoms with Crippen molar-refractivity contribution in [3.05, 3.63) is 35.4 Å². The summed E-state index contributed by atoms with van der Waals surface area (Å²) in [4.78, 5) is 0. The van der Waals surface area contributed by atoms with Crippen LogP contribution in [0, 0.1) is 6.92 Å². The smallest absolute Gasteiger partial charge is 0.0341 e. The predicted octanol–water partition coefficient (Wildman–Crippen LogP) is 3.05. The molecule has 100 valence electrons. The van der Waals surface area contributed by atoms with Crippen LogP contribution in [0.25, 0.3) is 0 Å². The standard InChI is InChI=1S/C15H24N2S/c1-12-5-4-6-13(9-12)10-14(17-16)11-18-15-7-2-3-8-15/h4-6,9,14-15,17H,2-3,7-8,10-11,16H2,1H3. The van der Waals surface area contributed by atoms with E-state index in [9.17, 15) is 0 Å². The molecule has 1 unspecified atom stereocenters. The minimum Gasteiger partial charge on any atom is -0.271 e. The molecule has 1 saturated carbocycles. The summed E-state index contributed by atoms with van der Waals surface area (Å²) >= 11 is 2.10. The highest BCUT2D eigenvalue weighted by Gasteiger charge is 2.17. The Morgan fingerprint density at radius 3 is 2.83 bits per heavy atom.